The molecule has 0 aliphatic carbocycles. The van der Waals surface area contributed by atoms with E-state index in [9.17, 15) is 19.4 Å². The molecule has 0 bridgehead atoms. The minimum absolute atomic E-state index is 0.0102. The van der Waals surface area contributed by atoms with Crippen molar-refractivity contribution in [1.29, 1.82) is 0 Å². The van der Waals surface area contributed by atoms with Crippen molar-refractivity contribution >= 4 is 13.7 Å². The van der Waals surface area contributed by atoms with Crippen LogP contribution in [0.2, 0.25) is 0 Å². The van der Waals surface area contributed by atoms with Crippen LogP contribution in [0.25, 0.3) is 0 Å². The maximum absolute atomic E-state index is 13.0. The molecule has 0 rings (SSSR count). The van der Waals surface area contributed by atoms with Gasteiger partial charge in [0.2, 0.25) is 5.91 Å². The average Bonchev–Trinajstić information content (AvgIpc) is 3.42. The van der Waals surface area contributed by atoms with E-state index in [1.807, 2.05) is 27.2 Å². The van der Waals surface area contributed by atoms with Crippen molar-refractivity contribution in [2.24, 2.45) is 0 Å². The van der Waals surface area contributed by atoms with Crippen molar-refractivity contribution in [2.75, 3.05) is 40.9 Å². The summed E-state index contributed by atoms with van der Waals surface area (Å²) in [4.78, 5) is 25.6. The molecule has 0 radical (unpaired) electrons. The molecule has 1 amide bonds. The molecule has 0 saturated heterocycles. The fraction of sp³-hybridized carbons (Fsp3) is 0.761. The van der Waals surface area contributed by atoms with Crippen LogP contribution in [-0.2, 0) is 18.4 Å². The Morgan fingerprint density at radius 3 is 1.16 bits per heavy atom. The van der Waals surface area contributed by atoms with E-state index in [1.54, 1.807) is 6.08 Å². The molecule has 0 aromatic rings. The molecule has 0 spiro atoms. The Balaban J connectivity index is 4.16. The zero-order chi connectivity index (χ0) is 58.4. The Labute approximate surface area is 496 Å². The predicted octanol–water partition coefficient (Wildman–Crippen LogP) is 20.7. The highest BCUT2D eigenvalue weighted by Gasteiger charge is 2.23. The molecule has 3 atom stereocenters. The van der Waals surface area contributed by atoms with Gasteiger partial charge < -0.3 is 28.8 Å². The van der Waals surface area contributed by atoms with Crippen LogP contribution in [0.5, 0.6) is 0 Å². The van der Waals surface area contributed by atoms with Gasteiger partial charge in [-0.3, -0.25) is 9.36 Å². The zero-order valence-corrected chi connectivity index (χ0v) is 53.9. The Morgan fingerprint density at radius 1 is 0.450 bits per heavy atom. The van der Waals surface area contributed by atoms with Crippen LogP contribution >= 0.6 is 7.82 Å². The minimum atomic E-state index is -4.62. The maximum atomic E-state index is 13.0. The Bertz CT molecular complexity index is 1620. The Morgan fingerprint density at radius 2 is 0.775 bits per heavy atom. The molecule has 0 fully saturated rings. The van der Waals surface area contributed by atoms with Gasteiger partial charge in [-0.1, -0.05) is 304 Å². The maximum Gasteiger partial charge on any atom is 0.268 e. The first-order valence-corrected chi connectivity index (χ1v) is 35.1. The van der Waals surface area contributed by atoms with Crippen LogP contribution in [0.3, 0.4) is 0 Å². The fourth-order valence-corrected chi connectivity index (χ4v) is 10.3. The monoisotopic (exact) mass is 1140 g/mol. The molecule has 80 heavy (non-hydrogen) atoms. The molecular formula is C71H129N2O6P. The Kier molecular flexibility index (Phi) is 59.0. The van der Waals surface area contributed by atoms with Crippen molar-refractivity contribution in [3.05, 3.63) is 97.2 Å². The summed E-state index contributed by atoms with van der Waals surface area (Å²) in [5.41, 5.74) is 0. The molecule has 9 heteroatoms. The highest BCUT2D eigenvalue weighted by molar-refractivity contribution is 7.45. The molecule has 0 aliphatic rings. The number of phosphoric ester groups is 1. The summed E-state index contributed by atoms with van der Waals surface area (Å²) in [6.07, 6.45) is 88.0. The molecule has 2 N–H and O–H groups in total. The van der Waals surface area contributed by atoms with Gasteiger partial charge >= 0.3 is 0 Å². The van der Waals surface area contributed by atoms with Crippen LogP contribution in [0.1, 0.15) is 296 Å². The summed E-state index contributed by atoms with van der Waals surface area (Å²) in [6, 6.07) is -0.912. The van der Waals surface area contributed by atoms with Gasteiger partial charge in [0.05, 0.1) is 39.9 Å². The number of phosphoric acid groups is 1. The van der Waals surface area contributed by atoms with Gasteiger partial charge in [0, 0.05) is 6.42 Å². The van der Waals surface area contributed by atoms with Gasteiger partial charge in [0.25, 0.3) is 7.82 Å². The largest absolute Gasteiger partial charge is 0.756 e. The third kappa shape index (κ3) is 63.0. The van der Waals surface area contributed by atoms with E-state index in [-0.39, 0.29) is 12.5 Å². The number of hydrogen-bond acceptors (Lipinski definition) is 6. The Hall–Kier alpha value is -2.58. The number of amides is 1. The number of quaternary nitrogens is 1. The summed E-state index contributed by atoms with van der Waals surface area (Å²) in [5.74, 6) is -0.210. The molecular weight excluding hydrogens is 1010 g/mol. The van der Waals surface area contributed by atoms with Gasteiger partial charge in [0.1, 0.15) is 13.2 Å². The van der Waals surface area contributed by atoms with E-state index in [2.05, 4.69) is 104 Å². The molecule has 3 unspecified atom stereocenters. The van der Waals surface area contributed by atoms with Crippen molar-refractivity contribution in [2.45, 2.75) is 309 Å². The van der Waals surface area contributed by atoms with Crippen molar-refractivity contribution in [3.8, 4) is 0 Å². The van der Waals surface area contributed by atoms with Crippen LogP contribution < -0.4 is 10.2 Å². The second-order valence-corrected chi connectivity index (χ2v) is 25.2. The summed E-state index contributed by atoms with van der Waals surface area (Å²) < 4.78 is 23.4. The highest BCUT2D eigenvalue weighted by atomic mass is 31.2. The molecule has 0 aliphatic heterocycles. The molecule has 0 aromatic heterocycles. The highest BCUT2D eigenvalue weighted by Crippen LogP contribution is 2.38. The number of hydrogen-bond donors (Lipinski definition) is 2. The second-order valence-electron chi connectivity index (χ2n) is 23.8. The SMILES string of the molecule is CC/C=C\C/C=C\C/C=C\C/C=C\C/C=C\C/C=C\CCCCCCCCCCCCCCC(=O)NC(COP(=O)([O-])OCC[N+](C)(C)C)C(O)/C=C/CC/C=C/CCCCCCCCCCCCCCCCCCCCCCC. The van der Waals surface area contributed by atoms with Gasteiger partial charge in [-0.2, -0.15) is 0 Å². The third-order valence-electron chi connectivity index (χ3n) is 14.8. The van der Waals surface area contributed by atoms with E-state index >= 15 is 0 Å². The van der Waals surface area contributed by atoms with Crippen molar-refractivity contribution < 1.29 is 32.9 Å². The van der Waals surface area contributed by atoms with E-state index < -0.39 is 26.6 Å². The smallest absolute Gasteiger partial charge is 0.268 e. The molecule has 8 nitrogen and oxygen atoms in total. The van der Waals surface area contributed by atoms with Crippen molar-refractivity contribution in [3.63, 3.8) is 0 Å². The molecule has 0 aromatic carbocycles. The standard InChI is InChI=1S/C71H129N2O6P/c1-6-8-10-12-14-16-18-20-22-24-26-28-30-32-34-35-36-37-39-41-43-45-47-49-51-53-55-57-59-61-63-65-71(75)72-69(68-79-80(76,77)78-67-66-73(3,4)5)70(74)64-62-60-58-56-54-52-50-48-46-44-42-40-38-33-31-29-27-25-23-21-19-17-15-13-11-9-7-2/h8,10,14,16,20,22,26,28,32,34,36-37,54,56,62,64,69-70,74H,6-7,9,11-13,15,17-19,21,23-25,27,29-31,33,35,38-53,55,57-61,63,65-68H2,1-5H3,(H-,72,75,76,77)/b10-8-,16-14-,22-20-,28-26-,34-32-,37-36-,56-54+,64-62+. The first kappa shape index (κ1) is 77.4. The molecule has 0 heterocycles. The average molecular weight is 1140 g/mol. The van der Waals surface area contributed by atoms with E-state index in [4.69, 9.17) is 9.05 Å². The molecule has 0 saturated carbocycles. The number of aliphatic hydroxyl groups excluding tert-OH is 1. The predicted molar refractivity (Wildman–Crippen MR) is 348 cm³/mol. The second kappa shape index (κ2) is 61.0. The fourth-order valence-electron chi connectivity index (χ4n) is 9.59. The lowest BCUT2D eigenvalue weighted by Crippen LogP contribution is -2.45. The number of unbranched alkanes of at least 4 members (excludes halogenated alkanes) is 34. The first-order valence-electron chi connectivity index (χ1n) is 33.6. The number of allylic oxidation sites excluding steroid dienone is 15. The van der Waals surface area contributed by atoms with Crippen LogP contribution in [0.15, 0.2) is 97.2 Å². The van der Waals surface area contributed by atoms with Crippen LogP contribution in [0.4, 0.5) is 0 Å². The topological polar surface area (TPSA) is 108 Å². The third-order valence-corrected chi connectivity index (χ3v) is 15.7. The number of likely N-dealkylation sites (N-methyl/N-ethyl adjacent to an activating group) is 1. The summed E-state index contributed by atoms with van der Waals surface area (Å²) in [6.45, 7) is 4.54. The first-order chi connectivity index (χ1) is 39.0. The summed E-state index contributed by atoms with van der Waals surface area (Å²) in [5, 5.41) is 13.9. The van der Waals surface area contributed by atoms with Crippen molar-refractivity contribution in [1.82, 2.24) is 5.32 Å². The number of nitrogens with one attached hydrogen (secondary N) is 1. The quantitative estimate of drug-likeness (QED) is 0.0272. The van der Waals surface area contributed by atoms with E-state index in [0.717, 1.165) is 77.0 Å². The van der Waals surface area contributed by atoms with Gasteiger partial charge in [-0.25, -0.2) is 0 Å². The minimum Gasteiger partial charge on any atom is -0.756 e. The summed E-state index contributed by atoms with van der Waals surface area (Å²) >= 11 is 0. The summed E-state index contributed by atoms with van der Waals surface area (Å²) in [7, 11) is 1.24. The number of carbonyl (C=O) groups excluding carboxylic acids is 1. The van der Waals surface area contributed by atoms with Gasteiger partial charge in [-0.15, -0.1) is 0 Å². The van der Waals surface area contributed by atoms with Crippen LogP contribution in [0, 0.1) is 0 Å². The van der Waals surface area contributed by atoms with Gasteiger partial charge in [-0.05, 0) is 83.5 Å². The van der Waals surface area contributed by atoms with E-state index in [1.165, 1.54) is 199 Å². The number of rotatable bonds is 61. The lowest BCUT2D eigenvalue weighted by Gasteiger charge is -2.29. The number of nitrogens with zero attached hydrogens (tertiary/aromatic N) is 1. The van der Waals surface area contributed by atoms with Gasteiger partial charge in [0.15, 0.2) is 0 Å². The number of carbonyl (C=O) groups is 1. The van der Waals surface area contributed by atoms with Crippen LogP contribution in [-0.4, -0.2) is 68.5 Å². The number of aliphatic hydroxyl groups is 1. The lowest BCUT2D eigenvalue weighted by molar-refractivity contribution is -0.870. The lowest BCUT2D eigenvalue weighted by atomic mass is 10.0. The van der Waals surface area contributed by atoms with E-state index in [0.29, 0.717) is 17.4 Å². The zero-order valence-electron chi connectivity index (χ0n) is 53.0. The normalized spacial score (nSPS) is 14.3. The molecule has 464 valence electrons.